The summed E-state index contributed by atoms with van der Waals surface area (Å²) in [6.07, 6.45) is 1.29. The van der Waals surface area contributed by atoms with Crippen molar-refractivity contribution >= 4 is 50.7 Å². The van der Waals surface area contributed by atoms with E-state index in [2.05, 4.69) is 10.3 Å². The van der Waals surface area contributed by atoms with Crippen LogP contribution < -0.4 is 15.6 Å². The lowest BCUT2D eigenvalue weighted by Crippen LogP contribution is -2.32. The van der Waals surface area contributed by atoms with Gasteiger partial charge in [-0.05, 0) is 32.0 Å². The Morgan fingerprint density at radius 2 is 2.14 bits per heavy atom. The summed E-state index contributed by atoms with van der Waals surface area (Å²) < 4.78 is 11.4. The zero-order chi connectivity index (χ0) is 21.1. The lowest BCUT2D eigenvalue weighted by molar-refractivity contribution is -0.118. The maximum Gasteiger partial charge on any atom is 0.339 e. The van der Waals surface area contributed by atoms with Crippen molar-refractivity contribution in [3.05, 3.63) is 50.8 Å². The van der Waals surface area contributed by atoms with Crippen LogP contribution in [0.5, 0.6) is 5.75 Å². The van der Waals surface area contributed by atoms with Crippen LogP contribution in [0.25, 0.3) is 10.2 Å². The number of thiophene rings is 1. The first-order valence-electron chi connectivity index (χ1n) is 8.67. The number of benzene rings is 1. The van der Waals surface area contributed by atoms with Crippen molar-refractivity contribution in [3.63, 3.8) is 0 Å². The third-order valence-corrected chi connectivity index (χ3v) is 5.35. The molecule has 0 bridgehead atoms. The van der Waals surface area contributed by atoms with E-state index in [1.165, 1.54) is 23.4 Å². The zero-order valence-electron chi connectivity index (χ0n) is 15.9. The number of hydrogen-bond acceptors (Lipinski definition) is 7. The monoisotopic (exact) mass is 435 g/mol. The van der Waals surface area contributed by atoms with E-state index < -0.39 is 23.5 Å². The number of hydrogen-bond donors (Lipinski definition) is 1. The van der Waals surface area contributed by atoms with Gasteiger partial charge in [0, 0.05) is 10.4 Å². The lowest BCUT2D eigenvalue weighted by Gasteiger charge is -2.16. The number of fused-ring (bicyclic) bond motifs is 1. The molecule has 0 fully saturated rings. The van der Waals surface area contributed by atoms with Gasteiger partial charge in [0.15, 0.2) is 0 Å². The molecule has 2 aromatic heterocycles. The summed E-state index contributed by atoms with van der Waals surface area (Å²) in [6, 6.07) is 3.90. The number of carbonyl (C=O) groups excluding carboxylic acids is 2. The highest BCUT2D eigenvalue weighted by Gasteiger charge is 2.23. The van der Waals surface area contributed by atoms with Crippen LogP contribution in [0, 0.1) is 0 Å². The summed E-state index contributed by atoms with van der Waals surface area (Å²) in [5.41, 5.74) is 0.0181. The number of amides is 1. The summed E-state index contributed by atoms with van der Waals surface area (Å²) in [7, 11) is 1.47. The Labute approximate surface area is 175 Å². The SMILES string of the molecule is CCOC(=O)c1csc2ncn(C(C)C(=O)Nc3cc(Cl)ccc3OC)c(=O)c12. The molecule has 3 rings (SSSR count). The van der Waals surface area contributed by atoms with E-state index in [-0.39, 0.29) is 17.6 Å². The van der Waals surface area contributed by atoms with E-state index in [0.29, 0.717) is 21.3 Å². The molecule has 0 radical (unpaired) electrons. The van der Waals surface area contributed by atoms with Gasteiger partial charge in [-0.1, -0.05) is 11.6 Å². The smallest absolute Gasteiger partial charge is 0.339 e. The molecule has 1 atom stereocenters. The minimum Gasteiger partial charge on any atom is -0.495 e. The van der Waals surface area contributed by atoms with Gasteiger partial charge in [-0.2, -0.15) is 0 Å². The number of halogens is 1. The molecular weight excluding hydrogens is 418 g/mol. The highest BCUT2D eigenvalue weighted by atomic mass is 35.5. The summed E-state index contributed by atoms with van der Waals surface area (Å²) in [4.78, 5) is 42.5. The molecule has 0 saturated heterocycles. The Morgan fingerprint density at radius 1 is 1.38 bits per heavy atom. The Hall–Kier alpha value is -2.91. The second kappa shape index (κ2) is 8.62. The maximum atomic E-state index is 13.0. The first-order chi connectivity index (χ1) is 13.9. The molecule has 2 heterocycles. The molecule has 29 heavy (non-hydrogen) atoms. The van der Waals surface area contributed by atoms with Gasteiger partial charge < -0.3 is 14.8 Å². The molecule has 10 heteroatoms. The number of nitrogens with one attached hydrogen (secondary N) is 1. The van der Waals surface area contributed by atoms with Crippen LogP contribution in [-0.2, 0) is 9.53 Å². The van der Waals surface area contributed by atoms with Crippen LogP contribution in [0.2, 0.25) is 5.02 Å². The van der Waals surface area contributed by atoms with Crippen molar-refractivity contribution in [1.29, 1.82) is 0 Å². The summed E-state index contributed by atoms with van der Waals surface area (Å²) in [6.45, 7) is 3.42. The van der Waals surface area contributed by atoms with Crippen molar-refractivity contribution in [1.82, 2.24) is 9.55 Å². The largest absolute Gasteiger partial charge is 0.495 e. The number of carbonyl (C=O) groups is 2. The third-order valence-electron chi connectivity index (χ3n) is 4.23. The molecule has 0 saturated carbocycles. The second-order valence-corrected chi connectivity index (χ2v) is 7.31. The Morgan fingerprint density at radius 3 is 2.83 bits per heavy atom. The fraction of sp³-hybridized carbons (Fsp3) is 0.263. The second-order valence-electron chi connectivity index (χ2n) is 6.02. The van der Waals surface area contributed by atoms with Gasteiger partial charge in [0.1, 0.15) is 16.6 Å². The van der Waals surface area contributed by atoms with E-state index in [9.17, 15) is 14.4 Å². The van der Waals surface area contributed by atoms with Crippen molar-refractivity contribution in [2.24, 2.45) is 0 Å². The van der Waals surface area contributed by atoms with Crippen LogP contribution in [0.15, 0.2) is 34.7 Å². The minimum absolute atomic E-state index is 0.135. The molecular formula is C19H18ClN3O5S. The van der Waals surface area contributed by atoms with Crippen molar-refractivity contribution in [3.8, 4) is 5.75 Å². The van der Waals surface area contributed by atoms with Crippen molar-refractivity contribution in [2.45, 2.75) is 19.9 Å². The quantitative estimate of drug-likeness (QED) is 0.595. The number of aromatic nitrogens is 2. The number of rotatable bonds is 6. The van der Waals surface area contributed by atoms with E-state index in [0.717, 1.165) is 11.3 Å². The van der Waals surface area contributed by atoms with Gasteiger partial charge in [-0.15, -0.1) is 11.3 Å². The molecule has 0 aliphatic carbocycles. The topological polar surface area (TPSA) is 99.5 Å². The van der Waals surface area contributed by atoms with Gasteiger partial charge in [-0.25, -0.2) is 9.78 Å². The molecule has 1 aromatic carbocycles. The highest BCUT2D eigenvalue weighted by Crippen LogP contribution is 2.28. The lowest BCUT2D eigenvalue weighted by atomic mass is 10.2. The minimum atomic E-state index is -0.905. The molecule has 0 aliphatic heterocycles. The van der Waals surface area contributed by atoms with Gasteiger partial charge in [-0.3, -0.25) is 14.2 Å². The van der Waals surface area contributed by atoms with E-state index >= 15 is 0 Å². The van der Waals surface area contributed by atoms with E-state index in [4.69, 9.17) is 21.1 Å². The molecule has 1 amide bonds. The number of esters is 1. The first kappa shape index (κ1) is 20.8. The van der Waals surface area contributed by atoms with Crippen LogP contribution in [0.1, 0.15) is 30.2 Å². The average Bonchev–Trinajstić information content (AvgIpc) is 3.13. The first-order valence-corrected chi connectivity index (χ1v) is 9.93. The Balaban J connectivity index is 1.96. The van der Waals surface area contributed by atoms with E-state index in [1.807, 2.05) is 0 Å². The van der Waals surface area contributed by atoms with Crippen LogP contribution >= 0.6 is 22.9 Å². The van der Waals surface area contributed by atoms with Crippen LogP contribution in [0.4, 0.5) is 5.69 Å². The number of anilines is 1. The number of ether oxygens (including phenoxy) is 2. The molecule has 0 spiro atoms. The third kappa shape index (κ3) is 4.10. The molecule has 152 valence electrons. The van der Waals surface area contributed by atoms with Gasteiger partial charge >= 0.3 is 5.97 Å². The van der Waals surface area contributed by atoms with Gasteiger partial charge in [0.2, 0.25) is 5.91 Å². The zero-order valence-corrected chi connectivity index (χ0v) is 17.5. The number of methoxy groups -OCH3 is 1. The van der Waals surface area contributed by atoms with E-state index in [1.54, 1.807) is 32.0 Å². The molecule has 8 nitrogen and oxygen atoms in total. The molecule has 1 unspecified atom stereocenters. The van der Waals surface area contributed by atoms with Gasteiger partial charge in [0.05, 0.1) is 36.7 Å². The predicted molar refractivity (Wildman–Crippen MR) is 111 cm³/mol. The molecule has 3 aromatic rings. The average molecular weight is 436 g/mol. The molecule has 1 N–H and O–H groups in total. The van der Waals surface area contributed by atoms with Crippen molar-refractivity contribution < 1.29 is 19.1 Å². The highest BCUT2D eigenvalue weighted by molar-refractivity contribution is 7.17. The predicted octanol–water partition coefficient (Wildman–Crippen LogP) is 3.50. The van der Waals surface area contributed by atoms with Crippen LogP contribution in [-0.4, -0.2) is 35.1 Å². The summed E-state index contributed by atoms with van der Waals surface area (Å²) in [5, 5.41) is 4.79. The Bertz CT molecular complexity index is 1140. The van der Waals surface area contributed by atoms with Crippen LogP contribution in [0.3, 0.4) is 0 Å². The molecule has 0 aliphatic rings. The van der Waals surface area contributed by atoms with Crippen molar-refractivity contribution in [2.75, 3.05) is 19.0 Å². The normalized spacial score (nSPS) is 11.9. The summed E-state index contributed by atoms with van der Waals surface area (Å²) >= 11 is 7.15. The van der Waals surface area contributed by atoms with Gasteiger partial charge in [0.25, 0.3) is 5.56 Å². The maximum absolute atomic E-state index is 13.0. The standard InChI is InChI=1S/C19H18ClN3O5S/c1-4-28-19(26)12-8-29-17-15(12)18(25)23(9-21-17)10(2)16(24)22-13-7-11(20)5-6-14(13)27-3/h5-10H,4H2,1-3H3,(H,22,24). The fourth-order valence-corrected chi connectivity index (χ4v) is 3.76. The fourth-order valence-electron chi connectivity index (χ4n) is 2.72. The summed E-state index contributed by atoms with van der Waals surface area (Å²) in [5.74, 6) is -0.642. The number of nitrogens with zero attached hydrogens (tertiary/aromatic N) is 2. The Kier molecular flexibility index (Phi) is 6.19.